The van der Waals surface area contributed by atoms with E-state index < -0.39 is 23.5 Å². The topological polar surface area (TPSA) is 85.5 Å². The van der Waals surface area contributed by atoms with Gasteiger partial charge < -0.3 is 14.3 Å². The van der Waals surface area contributed by atoms with Gasteiger partial charge in [0.15, 0.2) is 11.3 Å². The molecule has 0 amide bonds. The molecule has 11 heteroatoms. The predicted octanol–water partition coefficient (Wildman–Crippen LogP) is 5.93. The lowest BCUT2D eigenvalue weighted by molar-refractivity contribution is -0.140. The lowest BCUT2D eigenvalue weighted by atomic mass is 10.1. The number of ether oxygens (including phenoxy) is 1. The quantitative estimate of drug-likeness (QED) is 0.344. The van der Waals surface area contributed by atoms with Crippen LogP contribution in [0.15, 0.2) is 34.7 Å². The SMILES string of the molecule is Cc1nc(-c2ccc(C(F)(F)F)c(F)c2)sc1COc1ccc(C)c2nc(CC(=O)O)oc12. The second-order valence-electron chi connectivity index (χ2n) is 7.25. The molecule has 0 radical (unpaired) electrons. The van der Waals surface area contributed by atoms with Gasteiger partial charge in [0.2, 0.25) is 5.89 Å². The van der Waals surface area contributed by atoms with Crippen LogP contribution in [0.4, 0.5) is 17.6 Å². The van der Waals surface area contributed by atoms with Gasteiger partial charge in [0.1, 0.15) is 29.4 Å². The van der Waals surface area contributed by atoms with Crippen LogP contribution in [0, 0.1) is 19.7 Å². The fourth-order valence-corrected chi connectivity index (χ4v) is 4.15. The van der Waals surface area contributed by atoms with Gasteiger partial charge in [-0.1, -0.05) is 12.1 Å². The molecule has 2 aromatic heterocycles. The van der Waals surface area contributed by atoms with Gasteiger partial charge in [0.05, 0.1) is 16.1 Å². The molecule has 0 aliphatic rings. The highest BCUT2D eigenvalue weighted by atomic mass is 32.1. The van der Waals surface area contributed by atoms with Crippen LogP contribution in [-0.4, -0.2) is 21.0 Å². The Balaban J connectivity index is 1.58. The van der Waals surface area contributed by atoms with Crippen LogP contribution in [0.5, 0.6) is 5.75 Å². The number of hydrogen-bond donors (Lipinski definition) is 1. The molecule has 1 N–H and O–H groups in total. The van der Waals surface area contributed by atoms with E-state index in [1.165, 1.54) is 17.4 Å². The van der Waals surface area contributed by atoms with Crippen molar-refractivity contribution in [1.82, 2.24) is 9.97 Å². The maximum atomic E-state index is 13.9. The van der Waals surface area contributed by atoms with E-state index in [0.717, 1.165) is 11.6 Å². The van der Waals surface area contributed by atoms with E-state index in [9.17, 15) is 22.4 Å². The van der Waals surface area contributed by atoms with E-state index in [4.69, 9.17) is 14.3 Å². The zero-order valence-electron chi connectivity index (χ0n) is 17.3. The third kappa shape index (κ3) is 4.68. The fraction of sp³-hybridized carbons (Fsp3) is 0.227. The van der Waals surface area contributed by atoms with Crippen molar-refractivity contribution in [3.05, 3.63) is 63.7 Å². The normalized spacial score (nSPS) is 11.8. The highest BCUT2D eigenvalue weighted by Gasteiger charge is 2.34. The number of aliphatic carboxylic acids is 1. The summed E-state index contributed by atoms with van der Waals surface area (Å²) in [5.41, 5.74) is 1.08. The summed E-state index contributed by atoms with van der Waals surface area (Å²) in [4.78, 5) is 20.2. The molecule has 33 heavy (non-hydrogen) atoms. The number of thiazole rings is 1. The molecule has 4 rings (SSSR count). The predicted molar refractivity (Wildman–Crippen MR) is 112 cm³/mol. The summed E-state index contributed by atoms with van der Waals surface area (Å²) in [5, 5.41) is 9.32. The maximum absolute atomic E-state index is 13.9. The first-order valence-electron chi connectivity index (χ1n) is 9.60. The van der Waals surface area contributed by atoms with Crippen LogP contribution in [-0.2, 0) is 24.0 Å². The molecule has 2 aromatic carbocycles. The Hall–Kier alpha value is -3.47. The third-order valence-electron chi connectivity index (χ3n) is 4.83. The smallest absolute Gasteiger partial charge is 0.419 e. The third-order valence-corrected chi connectivity index (χ3v) is 6.01. The van der Waals surface area contributed by atoms with E-state index in [1.807, 2.05) is 6.92 Å². The lowest BCUT2D eigenvalue weighted by Gasteiger charge is -2.08. The molecular weight excluding hydrogens is 464 g/mol. The van der Waals surface area contributed by atoms with Crippen molar-refractivity contribution >= 4 is 28.4 Å². The van der Waals surface area contributed by atoms with E-state index in [2.05, 4.69) is 9.97 Å². The first-order chi connectivity index (χ1) is 15.5. The van der Waals surface area contributed by atoms with Crippen molar-refractivity contribution in [3.63, 3.8) is 0 Å². The summed E-state index contributed by atoms with van der Waals surface area (Å²) >= 11 is 1.17. The standard InChI is InChI=1S/C22H16F4N2O4S/c1-10-3-6-15(20-19(10)28-17(32-20)8-18(29)30)31-9-16-11(2)27-21(33-16)12-4-5-13(14(23)7-12)22(24,25)26/h3-7H,8-9H2,1-2H3,(H,29,30). The lowest BCUT2D eigenvalue weighted by Crippen LogP contribution is -2.07. The molecule has 2 heterocycles. The number of hydrogen-bond acceptors (Lipinski definition) is 6. The fourth-order valence-electron chi connectivity index (χ4n) is 3.18. The molecule has 6 nitrogen and oxygen atoms in total. The van der Waals surface area contributed by atoms with E-state index in [0.29, 0.717) is 38.5 Å². The van der Waals surface area contributed by atoms with Crippen LogP contribution < -0.4 is 4.74 Å². The number of aromatic nitrogens is 2. The Morgan fingerprint density at radius 2 is 1.94 bits per heavy atom. The van der Waals surface area contributed by atoms with Crippen molar-refractivity contribution < 1.29 is 36.6 Å². The second-order valence-corrected chi connectivity index (χ2v) is 8.33. The van der Waals surface area contributed by atoms with Gasteiger partial charge in [-0.05, 0) is 37.6 Å². The molecule has 0 aliphatic heterocycles. The molecule has 0 saturated heterocycles. The van der Waals surface area contributed by atoms with Crippen LogP contribution in [0.3, 0.4) is 0 Å². The first kappa shape index (κ1) is 22.7. The van der Waals surface area contributed by atoms with E-state index in [-0.39, 0.29) is 24.5 Å². The molecular formula is C22H16F4N2O4S. The molecule has 0 aliphatic carbocycles. The van der Waals surface area contributed by atoms with E-state index in [1.54, 1.807) is 19.1 Å². The van der Waals surface area contributed by atoms with Crippen LogP contribution >= 0.6 is 11.3 Å². The molecule has 0 saturated carbocycles. The van der Waals surface area contributed by atoms with Gasteiger partial charge in [0.25, 0.3) is 0 Å². The molecule has 172 valence electrons. The number of carboxylic acids is 1. The zero-order valence-corrected chi connectivity index (χ0v) is 18.1. The molecule has 0 unspecified atom stereocenters. The van der Waals surface area contributed by atoms with E-state index >= 15 is 0 Å². The number of carbonyl (C=O) groups is 1. The van der Waals surface area contributed by atoms with Crippen molar-refractivity contribution in [2.24, 2.45) is 0 Å². The highest BCUT2D eigenvalue weighted by molar-refractivity contribution is 7.15. The van der Waals surface area contributed by atoms with Gasteiger partial charge >= 0.3 is 12.1 Å². The van der Waals surface area contributed by atoms with Crippen molar-refractivity contribution in [1.29, 1.82) is 0 Å². The molecule has 0 spiro atoms. The molecule has 4 aromatic rings. The zero-order chi connectivity index (χ0) is 23.9. The number of fused-ring (bicyclic) bond motifs is 1. The first-order valence-corrected chi connectivity index (χ1v) is 10.4. The largest absolute Gasteiger partial charge is 0.484 e. The van der Waals surface area contributed by atoms with Gasteiger partial charge in [-0.25, -0.2) is 14.4 Å². The number of benzene rings is 2. The number of nitrogens with zero attached hydrogens (tertiary/aromatic N) is 2. The Morgan fingerprint density at radius 1 is 1.18 bits per heavy atom. The van der Waals surface area contributed by atoms with Gasteiger partial charge in [-0.15, -0.1) is 11.3 Å². The second kappa shape index (κ2) is 8.47. The summed E-state index contributed by atoms with van der Waals surface area (Å²) in [6.07, 6.45) is -5.14. The Kier molecular flexibility index (Phi) is 5.83. The number of oxazole rings is 1. The summed E-state index contributed by atoms with van der Waals surface area (Å²) in [6.45, 7) is 3.59. The molecule has 0 atom stereocenters. The average molecular weight is 480 g/mol. The highest BCUT2D eigenvalue weighted by Crippen LogP contribution is 2.36. The summed E-state index contributed by atoms with van der Waals surface area (Å²) in [6, 6.07) is 6.13. The monoisotopic (exact) mass is 480 g/mol. The van der Waals surface area contributed by atoms with Crippen molar-refractivity contribution in [2.45, 2.75) is 33.1 Å². The minimum absolute atomic E-state index is 0.0530. The van der Waals surface area contributed by atoms with Gasteiger partial charge in [-0.3, -0.25) is 4.79 Å². The number of rotatable bonds is 6. The molecule has 0 bridgehead atoms. The average Bonchev–Trinajstić information content (AvgIpc) is 3.30. The summed E-state index contributed by atoms with van der Waals surface area (Å²) < 4.78 is 63.8. The number of carboxylic acid groups (broad SMARTS) is 1. The minimum Gasteiger partial charge on any atom is -0.484 e. The number of halogens is 4. The summed E-state index contributed by atoms with van der Waals surface area (Å²) in [7, 11) is 0. The number of alkyl halides is 3. The Labute approximate surface area is 188 Å². The molecule has 0 fully saturated rings. The van der Waals surface area contributed by atoms with Crippen LogP contribution in [0.25, 0.3) is 21.7 Å². The number of aryl methyl sites for hydroxylation is 2. The van der Waals surface area contributed by atoms with Gasteiger partial charge in [0, 0.05) is 5.56 Å². The van der Waals surface area contributed by atoms with Crippen molar-refractivity contribution in [3.8, 4) is 16.3 Å². The summed E-state index contributed by atoms with van der Waals surface area (Å²) in [5.74, 6) is -2.03. The van der Waals surface area contributed by atoms with Crippen LogP contribution in [0.1, 0.15) is 27.6 Å². The maximum Gasteiger partial charge on any atom is 0.419 e. The minimum atomic E-state index is -4.77. The van der Waals surface area contributed by atoms with Gasteiger partial charge in [-0.2, -0.15) is 13.2 Å². The van der Waals surface area contributed by atoms with Crippen LogP contribution in [0.2, 0.25) is 0 Å². The Bertz CT molecular complexity index is 1360. The Morgan fingerprint density at radius 3 is 2.61 bits per heavy atom. The van der Waals surface area contributed by atoms with Crippen molar-refractivity contribution in [2.75, 3.05) is 0 Å².